The van der Waals surface area contributed by atoms with Crippen molar-refractivity contribution >= 4 is 5.69 Å². The zero-order valence-corrected chi connectivity index (χ0v) is 12.5. The number of nitrogens with one attached hydrogen (secondary N) is 1. The molecule has 2 heterocycles. The highest BCUT2D eigenvalue weighted by molar-refractivity contribution is 5.61. The Morgan fingerprint density at radius 1 is 1.30 bits per heavy atom. The first-order valence-corrected chi connectivity index (χ1v) is 8.07. The lowest BCUT2D eigenvalue weighted by atomic mass is 9.92. The first-order valence-electron chi connectivity index (χ1n) is 8.07. The van der Waals surface area contributed by atoms with Crippen LogP contribution in [0.4, 0.5) is 5.69 Å². The maximum absolute atomic E-state index is 5.87. The number of para-hydroxylation sites is 1. The highest BCUT2D eigenvalue weighted by Gasteiger charge is 2.21. The van der Waals surface area contributed by atoms with E-state index in [4.69, 9.17) is 4.74 Å². The van der Waals surface area contributed by atoms with Crippen molar-refractivity contribution < 1.29 is 4.74 Å². The molecule has 3 rings (SSSR count). The second-order valence-corrected chi connectivity index (χ2v) is 6.08. The van der Waals surface area contributed by atoms with Gasteiger partial charge in [-0.3, -0.25) is 4.90 Å². The number of rotatable bonds is 4. The summed E-state index contributed by atoms with van der Waals surface area (Å²) in [6.07, 6.45) is 5.46. The summed E-state index contributed by atoms with van der Waals surface area (Å²) in [5.41, 5.74) is 2.50. The fourth-order valence-corrected chi connectivity index (χ4v) is 3.44. The van der Waals surface area contributed by atoms with Crippen molar-refractivity contribution in [3.05, 3.63) is 23.8 Å². The van der Waals surface area contributed by atoms with E-state index in [9.17, 15) is 0 Å². The van der Waals surface area contributed by atoms with E-state index in [1.165, 1.54) is 44.3 Å². The first kappa shape index (κ1) is 13.7. The summed E-state index contributed by atoms with van der Waals surface area (Å²) in [5, 5.41) is 3.42. The van der Waals surface area contributed by atoms with Crippen LogP contribution >= 0.6 is 0 Å². The smallest absolute Gasteiger partial charge is 0.146 e. The Morgan fingerprint density at radius 2 is 2.15 bits per heavy atom. The van der Waals surface area contributed by atoms with Crippen molar-refractivity contribution in [1.29, 1.82) is 0 Å². The fourth-order valence-electron chi connectivity index (χ4n) is 3.44. The molecule has 0 radical (unpaired) electrons. The van der Waals surface area contributed by atoms with Gasteiger partial charge in [-0.1, -0.05) is 31.9 Å². The number of fused-ring (bicyclic) bond motifs is 1. The number of piperidine rings is 1. The molecule has 1 saturated heterocycles. The first-order chi connectivity index (χ1) is 9.86. The largest absolute Gasteiger partial charge is 0.489 e. The van der Waals surface area contributed by atoms with Crippen molar-refractivity contribution in [2.75, 3.05) is 31.6 Å². The van der Waals surface area contributed by atoms with Gasteiger partial charge in [-0.05, 0) is 37.9 Å². The number of ether oxygens (including phenoxy) is 1. The molecular weight excluding hydrogens is 248 g/mol. The lowest BCUT2D eigenvalue weighted by Gasteiger charge is -2.32. The van der Waals surface area contributed by atoms with Crippen LogP contribution < -0.4 is 10.1 Å². The molecule has 110 valence electrons. The molecule has 0 aromatic heterocycles. The minimum atomic E-state index is 0.780. The van der Waals surface area contributed by atoms with E-state index in [0.29, 0.717) is 0 Å². The van der Waals surface area contributed by atoms with Crippen molar-refractivity contribution in [3.8, 4) is 5.75 Å². The van der Waals surface area contributed by atoms with Crippen molar-refractivity contribution in [3.63, 3.8) is 0 Å². The second kappa shape index (κ2) is 6.49. The van der Waals surface area contributed by atoms with Gasteiger partial charge in [-0.15, -0.1) is 0 Å². The van der Waals surface area contributed by atoms with E-state index >= 15 is 0 Å². The molecule has 3 heteroatoms. The van der Waals surface area contributed by atoms with E-state index < -0.39 is 0 Å². The van der Waals surface area contributed by atoms with Gasteiger partial charge in [0.05, 0.1) is 5.69 Å². The third-order valence-corrected chi connectivity index (χ3v) is 4.56. The standard InChI is InChI=1S/C17H26N2O/c1-2-4-14-7-10-19(11-8-14)13-15-5-3-6-16-17(15)20-12-9-18-16/h3,5-6,14,18H,2,4,7-13H2,1H3. The Labute approximate surface area is 122 Å². The molecule has 0 spiro atoms. The van der Waals surface area contributed by atoms with Gasteiger partial charge in [0.2, 0.25) is 0 Å². The van der Waals surface area contributed by atoms with Crippen LogP contribution in [0, 0.1) is 5.92 Å². The molecular formula is C17H26N2O. The maximum atomic E-state index is 5.87. The molecule has 3 nitrogen and oxygen atoms in total. The molecule has 0 amide bonds. The molecule has 2 aliphatic rings. The molecule has 0 saturated carbocycles. The lowest BCUT2D eigenvalue weighted by molar-refractivity contribution is 0.169. The predicted octanol–water partition coefficient (Wildman–Crippen LogP) is 3.50. The lowest BCUT2D eigenvalue weighted by Crippen LogP contribution is -2.33. The van der Waals surface area contributed by atoms with E-state index in [0.717, 1.165) is 37.1 Å². The Hall–Kier alpha value is -1.22. The topological polar surface area (TPSA) is 24.5 Å². The normalized spacial score (nSPS) is 20.1. The van der Waals surface area contributed by atoms with Crippen LogP contribution in [0.5, 0.6) is 5.75 Å². The van der Waals surface area contributed by atoms with Gasteiger partial charge >= 0.3 is 0 Å². The van der Waals surface area contributed by atoms with Crippen LogP contribution in [0.2, 0.25) is 0 Å². The second-order valence-electron chi connectivity index (χ2n) is 6.08. The number of hydrogen-bond acceptors (Lipinski definition) is 3. The van der Waals surface area contributed by atoms with Crippen molar-refractivity contribution in [1.82, 2.24) is 4.90 Å². The van der Waals surface area contributed by atoms with Gasteiger partial charge in [0.15, 0.2) is 0 Å². The summed E-state index contributed by atoms with van der Waals surface area (Å²) in [6, 6.07) is 6.47. The minimum absolute atomic E-state index is 0.780. The van der Waals surface area contributed by atoms with E-state index in [1.54, 1.807) is 0 Å². The summed E-state index contributed by atoms with van der Waals surface area (Å²) in [5.74, 6) is 2.04. The third-order valence-electron chi connectivity index (χ3n) is 4.56. The van der Waals surface area contributed by atoms with Gasteiger partial charge in [-0.25, -0.2) is 0 Å². The van der Waals surface area contributed by atoms with Crippen LogP contribution in [0.15, 0.2) is 18.2 Å². The average molecular weight is 274 g/mol. The average Bonchev–Trinajstić information content (AvgIpc) is 2.50. The van der Waals surface area contributed by atoms with E-state index in [1.807, 2.05) is 0 Å². The summed E-state index contributed by atoms with van der Waals surface area (Å²) in [4.78, 5) is 2.58. The Kier molecular flexibility index (Phi) is 4.46. The van der Waals surface area contributed by atoms with Gasteiger partial charge in [0.1, 0.15) is 12.4 Å². The quantitative estimate of drug-likeness (QED) is 0.909. The molecule has 20 heavy (non-hydrogen) atoms. The molecule has 2 aliphatic heterocycles. The summed E-state index contributed by atoms with van der Waals surface area (Å²) in [6.45, 7) is 7.50. The van der Waals surface area contributed by atoms with Crippen LogP contribution in [-0.2, 0) is 6.54 Å². The molecule has 0 unspecified atom stereocenters. The number of nitrogens with zero attached hydrogens (tertiary/aromatic N) is 1. The van der Waals surface area contributed by atoms with E-state index in [-0.39, 0.29) is 0 Å². The maximum Gasteiger partial charge on any atom is 0.146 e. The molecule has 1 aromatic carbocycles. The highest BCUT2D eigenvalue weighted by Crippen LogP contribution is 2.33. The number of benzene rings is 1. The predicted molar refractivity (Wildman–Crippen MR) is 83.3 cm³/mol. The van der Waals surface area contributed by atoms with Crippen molar-refractivity contribution in [2.45, 2.75) is 39.2 Å². The van der Waals surface area contributed by atoms with Crippen molar-refractivity contribution in [2.24, 2.45) is 5.92 Å². The monoisotopic (exact) mass is 274 g/mol. The van der Waals surface area contributed by atoms with Crippen LogP contribution in [0.1, 0.15) is 38.2 Å². The Morgan fingerprint density at radius 3 is 2.95 bits per heavy atom. The highest BCUT2D eigenvalue weighted by atomic mass is 16.5. The summed E-state index contributed by atoms with van der Waals surface area (Å²) >= 11 is 0. The number of likely N-dealkylation sites (tertiary alicyclic amines) is 1. The zero-order valence-electron chi connectivity index (χ0n) is 12.5. The molecule has 0 atom stereocenters. The third kappa shape index (κ3) is 3.09. The molecule has 1 fully saturated rings. The SMILES string of the molecule is CCCC1CCN(Cc2cccc3c2OCCN3)CC1. The fraction of sp³-hybridized carbons (Fsp3) is 0.647. The van der Waals surface area contributed by atoms with Gasteiger partial charge in [0, 0.05) is 18.7 Å². The van der Waals surface area contributed by atoms with Crippen LogP contribution in [-0.4, -0.2) is 31.1 Å². The van der Waals surface area contributed by atoms with E-state index in [2.05, 4.69) is 35.3 Å². The Balaban J connectivity index is 1.61. The summed E-state index contributed by atoms with van der Waals surface area (Å²) < 4.78 is 5.87. The molecule has 0 bridgehead atoms. The number of hydrogen-bond donors (Lipinski definition) is 1. The minimum Gasteiger partial charge on any atom is -0.489 e. The van der Waals surface area contributed by atoms with Gasteiger partial charge < -0.3 is 10.1 Å². The van der Waals surface area contributed by atoms with Crippen LogP contribution in [0.3, 0.4) is 0 Å². The zero-order chi connectivity index (χ0) is 13.8. The van der Waals surface area contributed by atoms with Gasteiger partial charge in [-0.2, -0.15) is 0 Å². The molecule has 1 aromatic rings. The summed E-state index contributed by atoms with van der Waals surface area (Å²) in [7, 11) is 0. The number of anilines is 1. The molecule has 1 N–H and O–H groups in total. The Bertz CT molecular complexity index is 439. The molecule has 0 aliphatic carbocycles. The van der Waals surface area contributed by atoms with Gasteiger partial charge in [0.25, 0.3) is 0 Å². The van der Waals surface area contributed by atoms with Crippen LogP contribution in [0.25, 0.3) is 0 Å².